The summed E-state index contributed by atoms with van der Waals surface area (Å²) in [5.41, 5.74) is 0.135. The maximum atomic E-state index is 15.2. The lowest BCUT2D eigenvalue weighted by Crippen LogP contribution is -2.58. The fraction of sp³-hybridized carbons (Fsp3) is 0.200. The average molecular weight is 668 g/mol. The summed E-state index contributed by atoms with van der Waals surface area (Å²) >= 11 is 0. The number of hydrogen-bond acceptors (Lipinski definition) is 7. The van der Waals surface area contributed by atoms with Gasteiger partial charge in [0, 0.05) is 35.1 Å². The number of allylic oxidation sites excluding steroid dienone is 4. The third kappa shape index (κ3) is 4.34. The maximum absolute atomic E-state index is 15.2. The van der Waals surface area contributed by atoms with Crippen LogP contribution in [0.1, 0.15) is 35.1 Å². The molecule has 0 bridgehead atoms. The van der Waals surface area contributed by atoms with Crippen molar-refractivity contribution >= 4 is 17.1 Å². The van der Waals surface area contributed by atoms with E-state index in [2.05, 4.69) is 0 Å². The van der Waals surface area contributed by atoms with Crippen LogP contribution in [0.15, 0.2) is 130 Å². The zero-order valence-electron chi connectivity index (χ0n) is 27.4. The van der Waals surface area contributed by atoms with E-state index in [1.807, 2.05) is 54.6 Å². The van der Waals surface area contributed by atoms with Crippen LogP contribution in [0.2, 0.25) is 0 Å². The Hall–Kier alpha value is -6.16. The van der Waals surface area contributed by atoms with E-state index in [1.165, 1.54) is 35.7 Å². The molecule has 0 spiro atoms. The van der Waals surface area contributed by atoms with Crippen molar-refractivity contribution in [1.29, 1.82) is 0 Å². The highest BCUT2D eigenvalue weighted by Crippen LogP contribution is 2.63. The predicted molar refractivity (Wildman–Crippen MR) is 186 cm³/mol. The van der Waals surface area contributed by atoms with Crippen LogP contribution >= 0.6 is 0 Å². The Morgan fingerprint density at radius 2 is 1.46 bits per heavy atom. The lowest BCUT2D eigenvalue weighted by molar-refractivity contribution is -0.133. The van der Waals surface area contributed by atoms with Crippen molar-refractivity contribution < 1.29 is 24.2 Å². The van der Waals surface area contributed by atoms with Gasteiger partial charge in [0.05, 0.1) is 37.9 Å². The number of aromatic hydroxyl groups is 1. The van der Waals surface area contributed by atoms with Gasteiger partial charge in [0.2, 0.25) is 0 Å². The quantitative estimate of drug-likeness (QED) is 0.254. The van der Waals surface area contributed by atoms with E-state index < -0.39 is 34.7 Å². The molecule has 3 aliphatic rings. The summed E-state index contributed by atoms with van der Waals surface area (Å²) in [5.74, 6) is -2.20. The molecule has 1 saturated carbocycles. The first-order chi connectivity index (χ1) is 24.3. The van der Waals surface area contributed by atoms with Crippen LogP contribution in [0.4, 0.5) is 0 Å². The van der Waals surface area contributed by atoms with Gasteiger partial charge in [-0.15, -0.1) is 0 Å². The highest BCUT2D eigenvalue weighted by Gasteiger charge is 2.64. The van der Waals surface area contributed by atoms with Crippen molar-refractivity contribution in [2.45, 2.75) is 30.3 Å². The SMILES string of the molecule is COc1cc(O)c(C2C3=CCn4c(=O)n(-c5ccccc5)c(=O)n4C3CC3C(=O)C(c4ccccc4)=CC(=O)C32c2ccccc2)c(OC)c1. The summed E-state index contributed by atoms with van der Waals surface area (Å²) in [6.07, 6.45) is 3.33. The summed E-state index contributed by atoms with van der Waals surface area (Å²) in [6.45, 7) is 0.0260. The molecule has 8 rings (SSSR count). The zero-order chi connectivity index (χ0) is 34.7. The number of phenols is 1. The maximum Gasteiger partial charge on any atom is 0.352 e. The van der Waals surface area contributed by atoms with Crippen molar-refractivity contribution in [2.75, 3.05) is 14.2 Å². The van der Waals surface area contributed by atoms with Crippen molar-refractivity contribution in [2.24, 2.45) is 5.92 Å². The molecule has 5 aromatic rings. The van der Waals surface area contributed by atoms with Crippen molar-refractivity contribution in [3.05, 3.63) is 159 Å². The largest absolute Gasteiger partial charge is 0.507 e. The molecule has 1 aliphatic heterocycles. The third-order valence-corrected chi connectivity index (χ3v) is 10.5. The van der Waals surface area contributed by atoms with Crippen molar-refractivity contribution in [3.8, 4) is 22.9 Å². The molecule has 1 N–H and O–H groups in total. The second-order valence-corrected chi connectivity index (χ2v) is 12.8. The summed E-state index contributed by atoms with van der Waals surface area (Å²) in [5, 5.41) is 11.8. The topological polar surface area (TPSA) is 122 Å². The first kappa shape index (κ1) is 31.1. The number of carbonyl (C=O) groups is 2. The Bertz CT molecular complexity index is 2350. The lowest BCUT2D eigenvalue weighted by Gasteiger charge is -2.54. The summed E-state index contributed by atoms with van der Waals surface area (Å²) in [6, 6.07) is 29.1. The van der Waals surface area contributed by atoms with Crippen LogP contribution in [-0.4, -0.2) is 44.8 Å². The van der Waals surface area contributed by atoms with Crippen LogP contribution in [-0.2, 0) is 21.5 Å². The van der Waals surface area contributed by atoms with Crippen LogP contribution in [0.5, 0.6) is 17.2 Å². The standard InChI is InChI=1S/C40H33N3O7/c1-49-27-20-32(44)35(33(21-27)50-2)36-28-18-19-41-38(47)42(26-16-10-5-11-17-26)39(48)43(41)31(28)23-30-37(46)29(24-12-6-3-7-13-24)22-34(45)40(30,36)25-14-8-4-9-15-25/h3-18,20-22,30-31,36,44H,19,23H2,1-2H3. The molecule has 0 amide bonds. The molecule has 250 valence electrons. The number of para-hydroxylation sites is 1. The summed E-state index contributed by atoms with van der Waals surface area (Å²) in [4.78, 5) is 58.5. The molecule has 4 aromatic carbocycles. The average Bonchev–Trinajstić information content (AvgIpc) is 3.41. The molecule has 1 aromatic heterocycles. The monoisotopic (exact) mass is 667 g/mol. The van der Waals surface area contributed by atoms with E-state index in [9.17, 15) is 14.7 Å². The number of aromatic nitrogens is 3. The number of nitrogens with zero attached hydrogens (tertiary/aromatic N) is 3. The van der Waals surface area contributed by atoms with E-state index in [0.717, 1.165) is 4.57 Å². The van der Waals surface area contributed by atoms with Gasteiger partial charge in [-0.2, -0.15) is 0 Å². The van der Waals surface area contributed by atoms with E-state index in [1.54, 1.807) is 48.5 Å². The molecular formula is C40H33N3O7. The van der Waals surface area contributed by atoms with Gasteiger partial charge >= 0.3 is 11.4 Å². The second-order valence-electron chi connectivity index (χ2n) is 12.8. The van der Waals surface area contributed by atoms with Gasteiger partial charge in [0.1, 0.15) is 17.2 Å². The van der Waals surface area contributed by atoms with Crippen LogP contribution in [0.3, 0.4) is 0 Å². The van der Waals surface area contributed by atoms with Gasteiger partial charge in [0.15, 0.2) is 11.6 Å². The van der Waals surface area contributed by atoms with Crippen LogP contribution in [0, 0.1) is 5.92 Å². The van der Waals surface area contributed by atoms with E-state index >= 15 is 9.59 Å². The molecule has 4 unspecified atom stereocenters. The number of ketones is 2. The third-order valence-electron chi connectivity index (χ3n) is 10.5. The van der Waals surface area contributed by atoms with E-state index in [0.29, 0.717) is 28.1 Å². The molecule has 0 radical (unpaired) electrons. The second kappa shape index (κ2) is 11.8. The highest BCUT2D eigenvalue weighted by atomic mass is 16.5. The highest BCUT2D eigenvalue weighted by molar-refractivity contribution is 6.31. The van der Waals surface area contributed by atoms with Gasteiger partial charge < -0.3 is 14.6 Å². The number of carbonyl (C=O) groups excluding carboxylic acids is 2. The number of Topliss-reactive ketones (excluding diaryl/α,β-unsaturated/α-hetero) is 1. The minimum Gasteiger partial charge on any atom is -0.507 e. The number of ether oxygens (including phenoxy) is 2. The first-order valence-corrected chi connectivity index (χ1v) is 16.4. The fourth-order valence-electron chi connectivity index (χ4n) is 8.41. The fourth-order valence-corrected chi connectivity index (χ4v) is 8.41. The number of methoxy groups -OCH3 is 2. The Morgan fingerprint density at radius 1 is 0.800 bits per heavy atom. The number of rotatable bonds is 6. The number of hydrogen-bond donors (Lipinski definition) is 1. The lowest BCUT2D eigenvalue weighted by atomic mass is 9.47. The Balaban J connectivity index is 1.46. The molecule has 0 saturated heterocycles. The van der Waals surface area contributed by atoms with Crippen LogP contribution < -0.4 is 20.9 Å². The molecule has 2 aliphatic carbocycles. The number of phenolic OH excluding ortho intramolecular Hbond substituents is 1. The molecule has 10 heteroatoms. The normalized spacial score (nSPS) is 22.5. The van der Waals surface area contributed by atoms with Gasteiger partial charge in [-0.25, -0.2) is 23.5 Å². The Labute approximate surface area is 286 Å². The smallest absolute Gasteiger partial charge is 0.352 e. The zero-order valence-corrected chi connectivity index (χ0v) is 27.4. The Morgan fingerprint density at radius 3 is 2.12 bits per heavy atom. The van der Waals surface area contributed by atoms with Gasteiger partial charge in [-0.1, -0.05) is 84.9 Å². The molecule has 10 nitrogen and oxygen atoms in total. The minimum atomic E-state index is -1.55. The number of fused-ring (bicyclic) bond motifs is 4. The summed E-state index contributed by atoms with van der Waals surface area (Å²) in [7, 11) is 2.93. The molecular weight excluding hydrogens is 634 g/mol. The van der Waals surface area contributed by atoms with E-state index in [-0.39, 0.29) is 47.2 Å². The summed E-state index contributed by atoms with van der Waals surface area (Å²) < 4.78 is 15.3. The number of benzene rings is 4. The minimum absolute atomic E-state index is 0.0260. The Kier molecular flexibility index (Phi) is 7.32. The molecule has 4 atom stereocenters. The van der Waals surface area contributed by atoms with Crippen molar-refractivity contribution in [3.63, 3.8) is 0 Å². The van der Waals surface area contributed by atoms with E-state index in [4.69, 9.17) is 9.47 Å². The molecule has 1 fully saturated rings. The predicted octanol–water partition coefficient (Wildman–Crippen LogP) is 4.98. The van der Waals surface area contributed by atoms with Crippen molar-refractivity contribution in [1.82, 2.24) is 13.9 Å². The molecule has 50 heavy (non-hydrogen) atoms. The van der Waals surface area contributed by atoms with Crippen LogP contribution in [0.25, 0.3) is 11.3 Å². The van der Waals surface area contributed by atoms with Gasteiger partial charge in [-0.05, 0) is 41.3 Å². The molecule has 2 heterocycles. The van der Waals surface area contributed by atoms with Gasteiger partial charge in [0.25, 0.3) is 0 Å². The van der Waals surface area contributed by atoms with Gasteiger partial charge in [-0.3, -0.25) is 9.59 Å². The first-order valence-electron chi connectivity index (χ1n) is 16.4.